The van der Waals surface area contributed by atoms with E-state index in [9.17, 15) is 13.6 Å². The lowest BCUT2D eigenvalue weighted by Gasteiger charge is -2.07. The van der Waals surface area contributed by atoms with Crippen LogP contribution in [0.25, 0.3) is 0 Å². The van der Waals surface area contributed by atoms with Crippen molar-refractivity contribution in [3.8, 4) is 5.75 Å². The molecular formula is C16H14F2O2. The molecule has 0 fully saturated rings. The lowest BCUT2D eigenvalue weighted by atomic mass is 10.0. The molecule has 2 aromatic rings. The minimum Gasteiger partial charge on any atom is -0.435 e. The average Bonchev–Trinajstić information content (AvgIpc) is 2.46. The molecule has 20 heavy (non-hydrogen) atoms. The van der Waals surface area contributed by atoms with Crippen molar-refractivity contribution in [2.75, 3.05) is 0 Å². The van der Waals surface area contributed by atoms with Gasteiger partial charge in [0.15, 0.2) is 5.78 Å². The molecule has 0 bridgehead atoms. The minimum absolute atomic E-state index is 0.0162. The summed E-state index contributed by atoms with van der Waals surface area (Å²) in [6, 6.07) is 13.1. The highest BCUT2D eigenvalue weighted by Crippen LogP contribution is 2.19. The van der Waals surface area contributed by atoms with Gasteiger partial charge in [-0.3, -0.25) is 4.79 Å². The molecule has 0 aliphatic heterocycles. The number of aryl methyl sites for hydroxylation is 1. The third-order valence-corrected chi connectivity index (χ3v) is 2.92. The summed E-state index contributed by atoms with van der Waals surface area (Å²) in [4.78, 5) is 12.3. The first-order valence-corrected chi connectivity index (χ1v) is 6.28. The SMILES string of the molecule is CCc1cccc(C(=O)c2cccc(OC(F)F)c2)c1. The summed E-state index contributed by atoms with van der Waals surface area (Å²) < 4.78 is 28.6. The molecule has 0 radical (unpaired) electrons. The predicted molar refractivity (Wildman–Crippen MR) is 72.3 cm³/mol. The van der Waals surface area contributed by atoms with Gasteiger partial charge in [0.25, 0.3) is 0 Å². The van der Waals surface area contributed by atoms with E-state index in [4.69, 9.17) is 0 Å². The zero-order chi connectivity index (χ0) is 14.5. The van der Waals surface area contributed by atoms with Crippen molar-refractivity contribution in [2.45, 2.75) is 20.0 Å². The molecule has 2 nitrogen and oxygen atoms in total. The first kappa shape index (κ1) is 14.2. The second kappa shape index (κ2) is 6.28. The molecule has 0 heterocycles. The van der Waals surface area contributed by atoms with Crippen molar-refractivity contribution in [1.82, 2.24) is 0 Å². The van der Waals surface area contributed by atoms with E-state index in [-0.39, 0.29) is 11.5 Å². The van der Waals surface area contributed by atoms with Gasteiger partial charge >= 0.3 is 6.61 Å². The van der Waals surface area contributed by atoms with Crippen LogP contribution in [-0.2, 0) is 6.42 Å². The second-order valence-electron chi connectivity index (χ2n) is 4.29. The summed E-state index contributed by atoms with van der Waals surface area (Å²) in [5.41, 5.74) is 1.92. The van der Waals surface area contributed by atoms with E-state index in [1.54, 1.807) is 12.1 Å². The number of benzene rings is 2. The highest BCUT2D eigenvalue weighted by Gasteiger charge is 2.11. The first-order valence-electron chi connectivity index (χ1n) is 6.28. The van der Waals surface area contributed by atoms with Crippen LogP contribution in [0.1, 0.15) is 28.4 Å². The van der Waals surface area contributed by atoms with E-state index >= 15 is 0 Å². The summed E-state index contributed by atoms with van der Waals surface area (Å²) in [6.45, 7) is -0.899. The maximum atomic E-state index is 12.3. The largest absolute Gasteiger partial charge is 0.435 e. The Labute approximate surface area is 116 Å². The molecule has 0 N–H and O–H groups in total. The number of carbonyl (C=O) groups excluding carboxylic acids is 1. The Kier molecular flexibility index (Phi) is 4.45. The number of carbonyl (C=O) groups is 1. The predicted octanol–water partition coefficient (Wildman–Crippen LogP) is 4.08. The van der Waals surface area contributed by atoms with Gasteiger partial charge in [-0.15, -0.1) is 0 Å². The molecule has 0 spiro atoms. The fraction of sp³-hybridized carbons (Fsp3) is 0.188. The average molecular weight is 276 g/mol. The van der Waals surface area contributed by atoms with Crippen LogP contribution >= 0.6 is 0 Å². The minimum atomic E-state index is -2.90. The number of hydrogen-bond acceptors (Lipinski definition) is 2. The monoisotopic (exact) mass is 276 g/mol. The Hall–Kier alpha value is -2.23. The van der Waals surface area contributed by atoms with Gasteiger partial charge < -0.3 is 4.74 Å². The third kappa shape index (κ3) is 3.41. The van der Waals surface area contributed by atoms with Gasteiger partial charge in [0.2, 0.25) is 0 Å². The normalized spacial score (nSPS) is 10.6. The van der Waals surface area contributed by atoms with Crippen LogP contribution in [0.3, 0.4) is 0 Å². The van der Waals surface area contributed by atoms with Gasteiger partial charge in [0.05, 0.1) is 0 Å². The second-order valence-corrected chi connectivity index (χ2v) is 4.29. The fourth-order valence-corrected chi connectivity index (χ4v) is 1.91. The van der Waals surface area contributed by atoms with Crippen molar-refractivity contribution < 1.29 is 18.3 Å². The lowest BCUT2D eigenvalue weighted by Crippen LogP contribution is -2.05. The molecule has 104 valence electrons. The summed E-state index contributed by atoms with van der Waals surface area (Å²) in [5, 5.41) is 0. The van der Waals surface area contributed by atoms with Crippen LogP contribution in [0.4, 0.5) is 8.78 Å². The van der Waals surface area contributed by atoms with E-state index < -0.39 is 6.61 Å². The molecular weight excluding hydrogens is 262 g/mol. The highest BCUT2D eigenvalue weighted by atomic mass is 19.3. The molecule has 0 amide bonds. The summed E-state index contributed by atoms with van der Waals surface area (Å²) >= 11 is 0. The van der Waals surface area contributed by atoms with Crippen molar-refractivity contribution in [3.63, 3.8) is 0 Å². The third-order valence-electron chi connectivity index (χ3n) is 2.92. The van der Waals surface area contributed by atoms with Gasteiger partial charge in [-0.2, -0.15) is 8.78 Å². The molecule has 0 saturated carbocycles. The topological polar surface area (TPSA) is 26.3 Å². The summed E-state index contributed by atoms with van der Waals surface area (Å²) in [6.07, 6.45) is 0.829. The quantitative estimate of drug-likeness (QED) is 0.769. The van der Waals surface area contributed by atoms with Crippen molar-refractivity contribution in [1.29, 1.82) is 0 Å². The van der Waals surface area contributed by atoms with Crippen LogP contribution in [-0.4, -0.2) is 12.4 Å². The molecule has 0 atom stereocenters. The van der Waals surface area contributed by atoms with Gasteiger partial charge in [-0.05, 0) is 30.2 Å². The van der Waals surface area contributed by atoms with Crippen molar-refractivity contribution in [3.05, 3.63) is 65.2 Å². The van der Waals surface area contributed by atoms with E-state index in [0.717, 1.165) is 12.0 Å². The molecule has 0 aromatic heterocycles. The maximum Gasteiger partial charge on any atom is 0.387 e. The number of ether oxygens (including phenoxy) is 1. The smallest absolute Gasteiger partial charge is 0.387 e. The van der Waals surface area contributed by atoms with E-state index in [0.29, 0.717) is 11.1 Å². The zero-order valence-electron chi connectivity index (χ0n) is 11.0. The Balaban J connectivity index is 2.28. The van der Waals surface area contributed by atoms with E-state index in [1.807, 2.05) is 25.1 Å². The molecule has 4 heteroatoms. The number of halogens is 2. The fourth-order valence-electron chi connectivity index (χ4n) is 1.91. The Morgan fingerprint density at radius 3 is 2.40 bits per heavy atom. The summed E-state index contributed by atoms with van der Waals surface area (Å²) in [7, 11) is 0. The molecule has 0 aliphatic carbocycles. The van der Waals surface area contributed by atoms with Gasteiger partial charge in [0, 0.05) is 11.1 Å². The van der Waals surface area contributed by atoms with Crippen LogP contribution in [0.15, 0.2) is 48.5 Å². The molecule has 2 aromatic carbocycles. The Bertz CT molecular complexity index is 609. The lowest BCUT2D eigenvalue weighted by molar-refractivity contribution is -0.0498. The zero-order valence-corrected chi connectivity index (χ0v) is 11.0. The number of rotatable bonds is 5. The first-order chi connectivity index (χ1) is 9.60. The van der Waals surface area contributed by atoms with Crippen LogP contribution in [0.5, 0.6) is 5.75 Å². The molecule has 0 unspecified atom stereocenters. The standard InChI is InChI=1S/C16H14F2O2/c1-2-11-5-3-6-12(9-11)15(19)13-7-4-8-14(10-13)20-16(17)18/h3-10,16H,2H2,1H3. The van der Waals surface area contributed by atoms with Crippen LogP contribution < -0.4 is 4.74 Å². The Morgan fingerprint density at radius 2 is 1.75 bits per heavy atom. The number of alkyl halides is 2. The number of hydrogen-bond donors (Lipinski definition) is 0. The van der Waals surface area contributed by atoms with Crippen molar-refractivity contribution >= 4 is 5.78 Å². The Morgan fingerprint density at radius 1 is 1.10 bits per heavy atom. The van der Waals surface area contributed by atoms with Crippen LogP contribution in [0.2, 0.25) is 0 Å². The summed E-state index contributed by atoms with van der Waals surface area (Å²) in [5.74, 6) is -0.225. The molecule has 2 rings (SSSR count). The molecule has 0 aliphatic rings. The van der Waals surface area contributed by atoms with E-state index in [2.05, 4.69) is 4.74 Å². The van der Waals surface area contributed by atoms with E-state index in [1.165, 1.54) is 18.2 Å². The van der Waals surface area contributed by atoms with Gasteiger partial charge in [-0.25, -0.2) is 0 Å². The van der Waals surface area contributed by atoms with Crippen molar-refractivity contribution in [2.24, 2.45) is 0 Å². The molecule has 0 saturated heterocycles. The van der Waals surface area contributed by atoms with Gasteiger partial charge in [0.1, 0.15) is 5.75 Å². The van der Waals surface area contributed by atoms with Gasteiger partial charge in [-0.1, -0.05) is 37.3 Å². The number of ketones is 1. The highest BCUT2D eigenvalue weighted by molar-refractivity contribution is 6.09. The maximum absolute atomic E-state index is 12.3. The van der Waals surface area contributed by atoms with Crippen LogP contribution in [0, 0.1) is 0 Å².